The molecule has 0 fully saturated rings. The Labute approximate surface area is 130 Å². The van der Waals surface area contributed by atoms with Crippen molar-refractivity contribution in [3.63, 3.8) is 0 Å². The van der Waals surface area contributed by atoms with Gasteiger partial charge in [-0.1, -0.05) is 34.1 Å². The Bertz CT molecular complexity index is 765. The number of nitrogens with one attached hydrogen (secondary N) is 1. The highest BCUT2D eigenvalue weighted by molar-refractivity contribution is 9.10. The Morgan fingerprint density at radius 3 is 2.43 bits per heavy atom. The number of hydrogen-bond acceptors (Lipinski definition) is 2. The second-order valence-corrected chi connectivity index (χ2v) is 6.98. The van der Waals surface area contributed by atoms with Crippen LogP contribution in [0, 0.1) is 11.6 Å². The van der Waals surface area contributed by atoms with Crippen molar-refractivity contribution < 1.29 is 17.2 Å². The summed E-state index contributed by atoms with van der Waals surface area (Å²) in [5.41, 5.74) is 0.712. The minimum Gasteiger partial charge on any atom is -0.207 e. The van der Waals surface area contributed by atoms with Gasteiger partial charge < -0.3 is 0 Å². The molecule has 0 aliphatic heterocycles. The van der Waals surface area contributed by atoms with Gasteiger partial charge >= 0.3 is 0 Å². The molecule has 0 heterocycles. The van der Waals surface area contributed by atoms with Crippen molar-refractivity contribution in [1.82, 2.24) is 4.72 Å². The van der Waals surface area contributed by atoms with E-state index in [2.05, 4.69) is 20.7 Å². The smallest absolute Gasteiger partial charge is 0.207 e. The Morgan fingerprint density at radius 2 is 1.81 bits per heavy atom. The van der Waals surface area contributed by atoms with Crippen LogP contribution in [-0.4, -0.2) is 8.42 Å². The number of hydrogen-bond donors (Lipinski definition) is 1. The highest BCUT2D eigenvalue weighted by Crippen LogP contribution is 2.25. The largest absolute Gasteiger partial charge is 0.244 e. The maximum absolute atomic E-state index is 13.6. The normalized spacial score (nSPS) is 13.1. The molecule has 1 atom stereocenters. The first-order valence-corrected chi connectivity index (χ1v) is 8.30. The van der Waals surface area contributed by atoms with Crippen molar-refractivity contribution in [3.8, 4) is 0 Å². The van der Waals surface area contributed by atoms with Gasteiger partial charge in [0.05, 0.1) is 0 Å². The average Bonchev–Trinajstić information content (AvgIpc) is 2.37. The summed E-state index contributed by atoms with van der Waals surface area (Å²) in [5, 5.41) is 0. The van der Waals surface area contributed by atoms with Gasteiger partial charge in [-0.05, 0) is 30.7 Å². The topological polar surface area (TPSA) is 46.2 Å². The van der Waals surface area contributed by atoms with Crippen LogP contribution in [0.5, 0.6) is 0 Å². The summed E-state index contributed by atoms with van der Waals surface area (Å²) >= 11 is 3.33. The van der Waals surface area contributed by atoms with E-state index in [1.807, 2.05) is 0 Å². The fourth-order valence-corrected chi connectivity index (χ4v) is 3.79. The van der Waals surface area contributed by atoms with E-state index in [-0.39, 0.29) is 0 Å². The van der Waals surface area contributed by atoms with Crippen LogP contribution in [0.15, 0.2) is 51.8 Å². The predicted molar refractivity (Wildman–Crippen MR) is 79.2 cm³/mol. The SMILES string of the molecule is CC(NS(=O)(=O)c1ccc(F)cc1F)c1ccccc1Br. The van der Waals surface area contributed by atoms with Gasteiger partial charge in [-0.2, -0.15) is 0 Å². The third-order valence-electron chi connectivity index (χ3n) is 2.89. The third-order valence-corrected chi connectivity index (χ3v) is 5.18. The molecule has 1 N–H and O–H groups in total. The Morgan fingerprint density at radius 1 is 1.14 bits per heavy atom. The molecule has 7 heteroatoms. The Kier molecular flexibility index (Phi) is 4.75. The van der Waals surface area contributed by atoms with Crippen molar-refractivity contribution in [1.29, 1.82) is 0 Å². The maximum Gasteiger partial charge on any atom is 0.244 e. The van der Waals surface area contributed by atoms with Crippen molar-refractivity contribution in [2.75, 3.05) is 0 Å². The molecule has 0 saturated heterocycles. The first kappa shape index (κ1) is 16.1. The van der Waals surface area contributed by atoms with Crippen molar-refractivity contribution in [2.24, 2.45) is 0 Å². The maximum atomic E-state index is 13.6. The van der Waals surface area contributed by atoms with Crippen LogP contribution in [0.3, 0.4) is 0 Å². The number of benzene rings is 2. The summed E-state index contributed by atoms with van der Waals surface area (Å²) in [6.45, 7) is 1.64. The van der Waals surface area contributed by atoms with Crippen LogP contribution in [0.4, 0.5) is 8.78 Å². The lowest BCUT2D eigenvalue weighted by Crippen LogP contribution is -2.27. The lowest BCUT2D eigenvalue weighted by molar-refractivity contribution is 0.536. The lowest BCUT2D eigenvalue weighted by atomic mass is 10.1. The molecule has 0 aliphatic rings. The van der Waals surface area contributed by atoms with Gasteiger partial charge in [0.1, 0.15) is 16.5 Å². The van der Waals surface area contributed by atoms with E-state index in [1.54, 1.807) is 31.2 Å². The van der Waals surface area contributed by atoms with E-state index < -0.39 is 32.6 Å². The molecule has 0 radical (unpaired) electrons. The Hall–Kier alpha value is -1.31. The summed E-state index contributed by atoms with van der Waals surface area (Å²) in [5.74, 6) is -1.95. The van der Waals surface area contributed by atoms with Gasteiger partial charge in [0, 0.05) is 16.6 Å². The van der Waals surface area contributed by atoms with Gasteiger partial charge in [-0.15, -0.1) is 0 Å². The minimum absolute atomic E-state index is 0.539. The molecule has 112 valence electrons. The predicted octanol–water partition coefficient (Wildman–Crippen LogP) is 3.77. The van der Waals surface area contributed by atoms with E-state index in [0.717, 1.165) is 16.6 Å². The van der Waals surface area contributed by atoms with Gasteiger partial charge in [0.25, 0.3) is 0 Å². The van der Waals surface area contributed by atoms with Crippen molar-refractivity contribution in [2.45, 2.75) is 17.9 Å². The summed E-state index contributed by atoms with van der Waals surface area (Å²) in [4.78, 5) is -0.581. The zero-order chi connectivity index (χ0) is 15.6. The molecule has 0 amide bonds. The summed E-state index contributed by atoms with van der Waals surface area (Å²) < 4.78 is 53.9. The molecule has 2 aromatic rings. The number of sulfonamides is 1. The van der Waals surface area contributed by atoms with E-state index in [4.69, 9.17) is 0 Å². The molecular weight excluding hydrogens is 364 g/mol. The second kappa shape index (κ2) is 6.21. The molecule has 0 aromatic heterocycles. The first-order valence-electron chi connectivity index (χ1n) is 6.03. The summed E-state index contributed by atoms with van der Waals surface area (Å²) in [6, 6.07) is 8.86. The standard InChI is InChI=1S/C14H12BrF2NO2S/c1-9(11-4-2-3-5-12(11)15)18-21(19,20)14-7-6-10(16)8-13(14)17/h2-9,18H,1H3. The van der Waals surface area contributed by atoms with Gasteiger partial charge in [0.15, 0.2) is 0 Å². The van der Waals surface area contributed by atoms with Crippen LogP contribution in [0.25, 0.3) is 0 Å². The molecule has 2 rings (SSSR count). The van der Waals surface area contributed by atoms with Crippen molar-refractivity contribution in [3.05, 3.63) is 64.1 Å². The molecule has 1 unspecified atom stereocenters. The first-order chi connectivity index (χ1) is 9.81. The van der Waals surface area contributed by atoms with Crippen LogP contribution < -0.4 is 4.72 Å². The lowest BCUT2D eigenvalue weighted by Gasteiger charge is -2.16. The Balaban J connectivity index is 2.31. The molecule has 0 bridgehead atoms. The second-order valence-electron chi connectivity index (χ2n) is 4.44. The molecule has 0 saturated carbocycles. The molecule has 0 aliphatic carbocycles. The average molecular weight is 376 g/mol. The van der Waals surface area contributed by atoms with E-state index in [9.17, 15) is 17.2 Å². The van der Waals surface area contributed by atoms with E-state index in [1.165, 1.54) is 0 Å². The third kappa shape index (κ3) is 3.66. The van der Waals surface area contributed by atoms with Crippen molar-refractivity contribution >= 4 is 26.0 Å². The molecule has 21 heavy (non-hydrogen) atoms. The zero-order valence-corrected chi connectivity index (χ0v) is 13.4. The monoisotopic (exact) mass is 375 g/mol. The highest BCUT2D eigenvalue weighted by Gasteiger charge is 2.23. The van der Waals surface area contributed by atoms with Crippen LogP contribution in [0.2, 0.25) is 0 Å². The molecular formula is C14H12BrF2NO2S. The molecule has 0 spiro atoms. The van der Waals surface area contributed by atoms with Gasteiger partial charge in [0.2, 0.25) is 10.0 Å². The van der Waals surface area contributed by atoms with Gasteiger partial charge in [-0.25, -0.2) is 21.9 Å². The molecule has 2 aromatic carbocycles. The van der Waals surface area contributed by atoms with Crippen LogP contribution in [-0.2, 0) is 10.0 Å². The van der Waals surface area contributed by atoms with E-state index >= 15 is 0 Å². The minimum atomic E-state index is -4.08. The van der Waals surface area contributed by atoms with Crippen LogP contribution >= 0.6 is 15.9 Å². The zero-order valence-electron chi connectivity index (χ0n) is 11.0. The fraction of sp³-hybridized carbons (Fsp3) is 0.143. The van der Waals surface area contributed by atoms with E-state index in [0.29, 0.717) is 11.6 Å². The van der Waals surface area contributed by atoms with Crippen LogP contribution in [0.1, 0.15) is 18.5 Å². The number of rotatable bonds is 4. The highest BCUT2D eigenvalue weighted by atomic mass is 79.9. The number of halogens is 3. The fourth-order valence-electron chi connectivity index (χ4n) is 1.88. The summed E-state index contributed by atoms with van der Waals surface area (Å²) in [7, 11) is -4.08. The summed E-state index contributed by atoms with van der Waals surface area (Å²) in [6.07, 6.45) is 0. The quantitative estimate of drug-likeness (QED) is 0.883. The van der Waals surface area contributed by atoms with Gasteiger partial charge in [-0.3, -0.25) is 0 Å². The molecule has 3 nitrogen and oxygen atoms in total.